The maximum Gasteiger partial charge on any atom is 0.136 e. The van der Waals surface area contributed by atoms with Gasteiger partial charge >= 0.3 is 0 Å². The van der Waals surface area contributed by atoms with Crippen molar-refractivity contribution >= 4 is 228 Å². The molecule has 0 aliphatic rings. The summed E-state index contributed by atoms with van der Waals surface area (Å²) in [6.07, 6.45) is 0. The fourth-order valence-corrected chi connectivity index (χ4v) is 21.9. The van der Waals surface area contributed by atoms with E-state index in [9.17, 15) is 0 Å². The van der Waals surface area contributed by atoms with Crippen molar-refractivity contribution in [1.29, 1.82) is 0 Å². The van der Waals surface area contributed by atoms with E-state index in [2.05, 4.69) is 437 Å². The van der Waals surface area contributed by atoms with Crippen LogP contribution in [0, 0.1) is 0 Å². The van der Waals surface area contributed by atoms with E-state index in [1.165, 1.54) is 185 Å². The van der Waals surface area contributed by atoms with E-state index >= 15 is 0 Å². The van der Waals surface area contributed by atoms with E-state index in [0.717, 1.165) is 110 Å². The Balaban J connectivity index is 0.0000000999. The van der Waals surface area contributed by atoms with Gasteiger partial charge in [-0.15, -0.1) is 0 Å². The van der Waals surface area contributed by atoms with Gasteiger partial charge in [0.2, 0.25) is 0 Å². The quantitative estimate of drug-likeness (QED) is 0.155. The summed E-state index contributed by atoms with van der Waals surface area (Å²) in [5.74, 6) is 0. The van der Waals surface area contributed by atoms with E-state index in [1.807, 2.05) is 12.1 Å². The SMILES string of the molecule is c1ccc2cc(-c3c4ccccc4c(-c4ccc5oc6cc7ccccc7cc6c5c4)c4ccccc34)ccc2c1.c1ccc2cc3c(cc2c1)oc1ccc(-c2c4ccccc4c(-c4ccc5oc6cc7ccccc7cc6c5c4)c4ccccc24)cc13.c1ccc2cc3c(cc2c1)oc1ccc(-c2c4ccccc4c(-c4ccc5oc6ccccc6c5c4)c4ccccc24)cc13. The van der Waals surface area contributed by atoms with Crippen molar-refractivity contribution in [2.75, 3.05) is 0 Å². The van der Waals surface area contributed by atoms with Crippen LogP contribution < -0.4 is 0 Å². The van der Waals surface area contributed by atoms with Gasteiger partial charge in [-0.2, -0.15) is 0 Å². The van der Waals surface area contributed by atoms with Crippen molar-refractivity contribution in [2.45, 2.75) is 0 Å². The molecule has 0 aliphatic carbocycles. The summed E-state index contributed by atoms with van der Waals surface area (Å²) in [6, 6.07) is 162. The smallest absolute Gasteiger partial charge is 0.136 e. The number of hydrogen-bond donors (Lipinski definition) is 0. The second-order valence-electron chi connectivity index (χ2n) is 35.4. The largest absolute Gasteiger partial charge is 0.456 e. The molecule has 30 rings (SSSR count). The number of hydrogen-bond acceptors (Lipinski definition) is 5. The van der Waals surface area contributed by atoms with Gasteiger partial charge in [0.25, 0.3) is 0 Å². The van der Waals surface area contributed by atoms with Crippen molar-refractivity contribution in [3.05, 3.63) is 449 Å². The van der Waals surface area contributed by atoms with Gasteiger partial charge in [0, 0.05) is 53.9 Å². The lowest BCUT2D eigenvalue weighted by Crippen LogP contribution is -1.91. The summed E-state index contributed by atoms with van der Waals surface area (Å²) in [4.78, 5) is 0. The first-order valence-electron chi connectivity index (χ1n) is 45.5. The van der Waals surface area contributed by atoms with E-state index in [0.29, 0.717) is 0 Å². The second-order valence-corrected chi connectivity index (χ2v) is 35.4. The Morgan fingerprint density at radius 3 is 0.496 bits per heavy atom. The van der Waals surface area contributed by atoms with Crippen LogP contribution in [0.3, 0.4) is 0 Å². The third-order valence-electron chi connectivity index (χ3n) is 28.0. The van der Waals surface area contributed by atoms with Crippen LogP contribution in [0.5, 0.6) is 0 Å². The molecule has 0 radical (unpaired) electrons. The molecule has 0 spiro atoms. The van der Waals surface area contributed by atoms with Gasteiger partial charge in [-0.05, 0) is 307 Å². The Morgan fingerprint density at radius 1 is 0.0902 bits per heavy atom. The predicted molar refractivity (Wildman–Crippen MR) is 561 cm³/mol. The summed E-state index contributed by atoms with van der Waals surface area (Å²) in [7, 11) is 0. The molecule has 0 saturated carbocycles. The zero-order chi connectivity index (χ0) is 87.0. The van der Waals surface area contributed by atoms with Crippen LogP contribution in [0.4, 0.5) is 0 Å². The Morgan fingerprint density at radius 2 is 0.248 bits per heavy atom. The van der Waals surface area contributed by atoms with E-state index in [4.69, 9.17) is 22.1 Å². The highest BCUT2D eigenvalue weighted by Crippen LogP contribution is 2.52. The molecule has 0 bridgehead atoms. The topological polar surface area (TPSA) is 65.7 Å². The third kappa shape index (κ3) is 11.9. The molecule has 0 atom stereocenters. The van der Waals surface area contributed by atoms with Gasteiger partial charge < -0.3 is 22.1 Å². The molecule has 5 nitrogen and oxygen atoms in total. The molecule has 616 valence electrons. The zero-order valence-electron chi connectivity index (χ0n) is 71.8. The lowest BCUT2D eigenvalue weighted by Gasteiger charge is -2.18. The highest BCUT2D eigenvalue weighted by Gasteiger charge is 2.25. The summed E-state index contributed by atoms with van der Waals surface area (Å²) in [6.45, 7) is 0. The first-order valence-corrected chi connectivity index (χ1v) is 45.5. The Kier molecular flexibility index (Phi) is 16.5. The molecule has 0 N–H and O–H groups in total. The fourth-order valence-electron chi connectivity index (χ4n) is 21.9. The van der Waals surface area contributed by atoms with Gasteiger partial charge in [0.05, 0.1) is 0 Å². The zero-order valence-corrected chi connectivity index (χ0v) is 71.8. The molecule has 25 aromatic carbocycles. The number of para-hydroxylation sites is 1. The minimum atomic E-state index is 0.905. The summed E-state index contributed by atoms with van der Waals surface area (Å²) in [5, 5.41) is 38.5. The summed E-state index contributed by atoms with van der Waals surface area (Å²) in [5.41, 5.74) is 23.8. The average molecular weight is 1690 g/mol. The van der Waals surface area contributed by atoms with Crippen molar-refractivity contribution in [3.8, 4) is 66.8 Å². The van der Waals surface area contributed by atoms with Gasteiger partial charge in [0.1, 0.15) is 55.8 Å². The first-order chi connectivity index (χ1) is 65.9. The van der Waals surface area contributed by atoms with Crippen LogP contribution in [0.1, 0.15) is 0 Å². The normalized spacial score (nSPS) is 12.1. The molecule has 0 unspecified atom stereocenters. The summed E-state index contributed by atoms with van der Waals surface area (Å²) < 4.78 is 31.6. The number of fused-ring (bicyclic) bond motifs is 26. The van der Waals surface area contributed by atoms with Crippen LogP contribution >= 0.6 is 0 Å². The molecule has 5 heterocycles. The third-order valence-corrected chi connectivity index (χ3v) is 28.0. The summed E-state index contributed by atoms with van der Waals surface area (Å²) >= 11 is 0. The Bertz CT molecular complexity index is 9830. The molecular formula is C128H74O5. The molecule has 0 amide bonds. The molecule has 0 aliphatic heterocycles. The molecule has 0 saturated heterocycles. The Hall–Kier alpha value is -17.6. The van der Waals surface area contributed by atoms with Crippen LogP contribution in [0.15, 0.2) is 471 Å². The maximum absolute atomic E-state index is 6.38. The minimum absolute atomic E-state index is 0.905. The standard InChI is InChI=1S/C46H26O2.C42H24O2.C40H24O/c1-3-11-29-25-43-39(21-27(29)9-1)37-23-31(17-19-41(37)47-43)45-33-13-5-7-15-35(33)46(36-16-8-6-14-34(36)45)32-18-20-42-38(24-32)40-22-28-10-2-4-12-30(28)26-44(40)48-42;1-2-10-26-24-40-36(21-25(26)9-1)35-23-28(18-20-39(35)44-40)42-32-14-5-3-12-30(32)41(31-13-4-6-15-33(31)42)27-17-19-38-34(22-27)29-11-7-8-16-37(29)43-38;1-2-10-26-21-29(18-17-25(26)9-1)39-31-13-5-7-15-33(31)40(34-16-8-6-14-32(34)39)30-19-20-37-35(23-30)36-22-27-11-3-4-12-28(27)24-38(36)41-37/h1-26H;1-24H;1-24H. The molecule has 30 aromatic rings. The van der Waals surface area contributed by atoms with Gasteiger partial charge in [-0.1, -0.05) is 328 Å². The fraction of sp³-hybridized carbons (Fsp3) is 0. The van der Waals surface area contributed by atoms with Gasteiger partial charge in [0.15, 0.2) is 0 Å². The number of rotatable bonds is 6. The second kappa shape index (κ2) is 29.5. The first kappa shape index (κ1) is 74.4. The molecule has 5 heteroatoms. The van der Waals surface area contributed by atoms with Crippen LogP contribution in [-0.2, 0) is 0 Å². The predicted octanol–water partition coefficient (Wildman–Crippen LogP) is 37.2. The van der Waals surface area contributed by atoms with E-state index < -0.39 is 0 Å². The van der Waals surface area contributed by atoms with E-state index in [1.54, 1.807) is 0 Å². The number of benzene rings is 25. The molecule has 5 aromatic heterocycles. The molecular weight excluding hydrogens is 1620 g/mol. The van der Waals surface area contributed by atoms with Crippen LogP contribution in [-0.4, -0.2) is 0 Å². The highest BCUT2D eigenvalue weighted by atomic mass is 16.3. The van der Waals surface area contributed by atoms with Crippen molar-refractivity contribution in [1.82, 2.24) is 0 Å². The Labute approximate surface area is 760 Å². The lowest BCUT2D eigenvalue weighted by molar-refractivity contribution is 0.668. The van der Waals surface area contributed by atoms with Gasteiger partial charge in [-0.3, -0.25) is 0 Å². The van der Waals surface area contributed by atoms with Gasteiger partial charge in [-0.25, -0.2) is 0 Å². The van der Waals surface area contributed by atoms with Crippen molar-refractivity contribution in [2.24, 2.45) is 0 Å². The lowest BCUT2D eigenvalue weighted by atomic mass is 9.85. The van der Waals surface area contributed by atoms with Crippen LogP contribution in [0.25, 0.3) is 295 Å². The van der Waals surface area contributed by atoms with E-state index in [-0.39, 0.29) is 0 Å². The molecule has 0 fully saturated rings. The maximum atomic E-state index is 6.38. The minimum Gasteiger partial charge on any atom is -0.456 e. The monoisotopic (exact) mass is 1690 g/mol. The number of furan rings is 5. The van der Waals surface area contributed by atoms with Crippen LogP contribution in [0.2, 0.25) is 0 Å². The highest BCUT2D eigenvalue weighted by molar-refractivity contribution is 6.28. The van der Waals surface area contributed by atoms with Crippen molar-refractivity contribution in [3.63, 3.8) is 0 Å². The average Bonchev–Trinajstić information content (AvgIpc) is 1.71. The van der Waals surface area contributed by atoms with Crippen molar-refractivity contribution < 1.29 is 22.1 Å². The molecule has 133 heavy (non-hydrogen) atoms.